The van der Waals surface area contributed by atoms with Crippen molar-refractivity contribution in [3.63, 3.8) is 0 Å². The zero-order valence-electron chi connectivity index (χ0n) is 30.0. The Bertz CT molecular complexity index is 1430. The molecule has 16 nitrogen and oxygen atoms in total. The van der Waals surface area contributed by atoms with Gasteiger partial charge in [-0.1, -0.05) is 30.6 Å². The molecule has 3 aliphatic heterocycles. The molecule has 5 rings (SSSR count). The molecule has 0 radical (unpaired) electrons. The van der Waals surface area contributed by atoms with Gasteiger partial charge in [0.2, 0.25) is 12.1 Å². The van der Waals surface area contributed by atoms with Gasteiger partial charge in [0.1, 0.15) is 35.7 Å². The van der Waals surface area contributed by atoms with Gasteiger partial charge in [0.25, 0.3) is 0 Å². The molecule has 2 saturated carbocycles. The SMILES string of the molecule is CNCOC1C(OC2OC=C(C(=O)OC3CCCCC3)C(O)(C=CC3=CC(C(=O)O)=CN(CCO)C3)C2C=C2CCCCC2)OC(CO)C(O)C1(O)O. The number of β-amino-alcohol motifs (C(OH)–C–C–N with tert-alkyl or cyclic N) is 1. The number of carbonyl (C=O) groups excluding carboxylic acids is 1. The number of allylic oxidation sites excluding steroid dienone is 1. The van der Waals surface area contributed by atoms with E-state index in [1.54, 1.807) is 18.0 Å². The first-order valence-electron chi connectivity index (χ1n) is 18.4. The Labute approximate surface area is 308 Å². The fourth-order valence-corrected chi connectivity index (χ4v) is 7.46. The van der Waals surface area contributed by atoms with E-state index in [9.17, 15) is 45.3 Å². The number of nitrogens with one attached hydrogen (secondary N) is 1. The second-order valence-electron chi connectivity index (χ2n) is 14.2. The van der Waals surface area contributed by atoms with E-state index in [2.05, 4.69) is 5.32 Å². The minimum absolute atomic E-state index is 0.0444. The zero-order valence-corrected chi connectivity index (χ0v) is 30.0. The van der Waals surface area contributed by atoms with Gasteiger partial charge in [-0.05, 0) is 76.1 Å². The Morgan fingerprint density at radius 2 is 1.77 bits per heavy atom. The number of nitrogens with zero attached hydrogens (tertiary/aromatic N) is 1. The third-order valence-corrected chi connectivity index (χ3v) is 10.4. The summed E-state index contributed by atoms with van der Waals surface area (Å²) < 4.78 is 29.6. The highest BCUT2D eigenvalue weighted by Crippen LogP contribution is 2.43. The van der Waals surface area contributed by atoms with Crippen molar-refractivity contribution in [3.05, 3.63) is 59.1 Å². The molecule has 0 aromatic rings. The highest BCUT2D eigenvalue weighted by atomic mass is 16.8. The molecule has 0 spiro atoms. The second-order valence-corrected chi connectivity index (χ2v) is 14.2. The summed E-state index contributed by atoms with van der Waals surface area (Å²) >= 11 is 0. The van der Waals surface area contributed by atoms with Crippen LogP contribution in [0.1, 0.15) is 64.2 Å². The van der Waals surface area contributed by atoms with Crippen LogP contribution in [0, 0.1) is 5.92 Å². The molecule has 1 saturated heterocycles. The molecular formula is C37H54N2O14. The third kappa shape index (κ3) is 9.75. The average Bonchev–Trinajstić information content (AvgIpc) is 3.14. The number of hydrogen-bond acceptors (Lipinski definition) is 15. The van der Waals surface area contributed by atoms with Crippen LogP contribution in [0.15, 0.2) is 59.1 Å². The van der Waals surface area contributed by atoms with E-state index in [0.717, 1.165) is 50.4 Å². The normalized spacial score (nSPS) is 32.4. The largest absolute Gasteiger partial charge is 0.478 e. The molecule has 296 valence electrons. The highest BCUT2D eigenvalue weighted by molar-refractivity contribution is 5.92. The fraction of sp³-hybridized carbons (Fsp3) is 0.676. The van der Waals surface area contributed by atoms with Crippen molar-refractivity contribution >= 4 is 11.9 Å². The summed E-state index contributed by atoms with van der Waals surface area (Å²) in [6, 6.07) is 0. The van der Waals surface area contributed by atoms with Gasteiger partial charge in [-0.15, -0.1) is 0 Å². The first kappa shape index (κ1) is 41.0. The predicted molar refractivity (Wildman–Crippen MR) is 186 cm³/mol. The van der Waals surface area contributed by atoms with Gasteiger partial charge in [-0.2, -0.15) is 0 Å². The Balaban J connectivity index is 1.58. The zero-order chi connectivity index (χ0) is 38.2. The number of carboxylic acid groups (broad SMARTS) is 1. The minimum atomic E-state index is -2.95. The number of rotatable bonds is 14. The van der Waals surface area contributed by atoms with Crippen molar-refractivity contribution in [3.8, 4) is 0 Å². The molecule has 2 aliphatic carbocycles. The standard InChI is InChI=1S/C37H54N2O14/c1-38-22-50-31-35(52-29(20-41)30(42)37(31,47)48)53-34-27(17-23-8-4-2-5-9-23)36(46,28(21-49-34)33(45)51-26-10-6-3-7-11-26)13-12-24-16-25(32(43)44)19-39(18-24)14-15-40/h12-13,16-17,19,21,26-27,29-31,34-35,38,40-42,46-48H,2-11,14-15,18,20,22H2,1H3,(H,43,44). The van der Waals surface area contributed by atoms with Crippen molar-refractivity contribution in [1.82, 2.24) is 10.2 Å². The summed E-state index contributed by atoms with van der Waals surface area (Å²) in [6.07, 6.45) is 8.15. The molecule has 53 heavy (non-hydrogen) atoms. The molecular weight excluding hydrogens is 696 g/mol. The maximum Gasteiger partial charge on any atom is 0.340 e. The number of aliphatic carboxylic acids is 1. The number of aliphatic hydroxyl groups is 6. The van der Waals surface area contributed by atoms with Gasteiger partial charge in [-0.25, -0.2) is 9.59 Å². The quantitative estimate of drug-likeness (QED) is 0.0683. The van der Waals surface area contributed by atoms with Crippen molar-refractivity contribution in [2.24, 2.45) is 5.92 Å². The molecule has 7 unspecified atom stereocenters. The lowest BCUT2D eigenvalue weighted by Crippen LogP contribution is -2.69. The van der Waals surface area contributed by atoms with Gasteiger partial charge >= 0.3 is 11.9 Å². The Morgan fingerprint density at radius 1 is 1.06 bits per heavy atom. The van der Waals surface area contributed by atoms with Gasteiger partial charge in [0.15, 0.2) is 12.4 Å². The monoisotopic (exact) mass is 750 g/mol. The number of hydrogen-bond donors (Lipinski definition) is 8. The predicted octanol–water partition coefficient (Wildman–Crippen LogP) is 0.437. The lowest BCUT2D eigenvalue weighted by Gasteiger charge is -2.48. The van der Waals surface area contributed by atoms with Crippen LogP contribution < -0.4 is 5.32 Å². The third-order valence-electron chi connectivity index (χ3n) is 10.4. The maximum absolute atomic E-state index is 14.0. The lowest BCUT2D eigenvalue weighted by molar-refractivity contribution is -0.412. The van der Waals surface area contributed by atoms with E-state index in [-0.39, 0.29) is 43.7 Å². The Kier molecular flexibility index (Phi) is 14.3. The van der Waals surface area contributed by atoms with Crippen LogP contribution in [0.25, 0.3) is 0 Å². The van der Waals surface area contributed by atoms with E-state index in [1.807, 2.05) is 0 Å². The fourth-order valence-electron chi connectivity index (χ4n) is 7.46. The number of aliphatic hydroxyl groups excluding tert-OH is 3. The topological polar surface area (TPSA) is 237 Å². The summed E-state index contributed by atoms with van der Waals surface area (Å²) in [4.78, 5) is 27.6. The number of ether oxygens (including phenoxy) is 5. The van der Waals surface area contributed by atoms with Crippen LogP contribution in [-0.2, 0) is 33.3 Å². The van der Waals surface area contributed by atoms with Crippen LogP contribution in [0.4, 0.5) is 0 Å². The Morgan fingerprint density at radius 3 is 2.43 bits per heavy atom. The smallest absolute Gasteiger partial charge is 0.340 e. The van der Waals surface area contributed by atoms with E-state index < -0.39 is 66.7 Å². The molecule has 5 aliphatic rings. The molecule has 0 amide bonds. The molecule has 3 heterocycles. The van der Waals surface area contributed by atoms with Gasteiger partial charge in [0.05, 0.1) is 31.4 Å². The van der Waals surface area contributed by atoms with Gasteiger partial charge in [0, 0.05) is 19.3 Å². The average molecular weight is 751 g/mol. The van der Waals surface area contributed by atoms with E-state index in [4.69, 9.17) is 23.7 Å². The van der Waals surface area contributed by atoms with Crippen molar-refractivity contribution in [1.29, 1.82) is 0 Å². The number of carboxylic acids is 1. The molecule has 0 aromatic heterocycles. The summed E-state index contributed by atoms with van der Waals surface area (Å²) in [6.45, 7) is -0.901. The van der Waals surface area contributed by atoms with E-state index in [1.165, 1.54) is 24.4 Å². The summed E-state index contributed by atoms with van der Waals surface area (Å²) in [5.74, 6) is -6.15. The minimum Gasteiger partial charge on any atom is -0.478 e. The molecule has 0 bridgehead atoms. The van der Waals surface area contributed by atoms with Crippen molar-refractivity contribution in [2.75, 3.05) is 40.1 Å². The molecule has 8 N–H and O–H groups in total. The molecule has 16 heteroatoms. The number of carbonyl (C=O) groups is 2. The number of esters is 1. The Hall–Kier alpha value is -3.16. The van der Waals surface area contributed by atoms with Gasteiger partial charge < -0.3 is 64.3 Å². The van der Waals surface area contributed by atoms with Crippen LogP contribution in [0.3, 0.4) is 0 Å². The maximum atomic E-state index is 14.0. The lowest BCUT2D eigenvalue weighted by atomic mass is 9.76. The second kappa shape index (κ2) is 18.4. The highest BCUT2D eigenvalue weighted by Gasteiger charge is 2.58. The molecule has 7 atom stereocenters. The van der Waals surface area contributed by atoms with Crippen molar-refractivity contribution in [2.45, 2.75) is 113 Å². The first-order chi connectivity index (χ1) is 25.4. The van der Waals surface area contributed by atoms with Crippen molar-refractivity contribution < 1.29 is 69.0 Å². The van der Waals surface area contributed by atoms with Crippen LogP contribution >= 0.6 is 0 Å². The first-order valence-corrected chi connectivity index (χ1v) is 18.4. The van der Waals surface area contributed by atoms with Crippen LogP contribution in [0.2, 0.25) is 0 Å². The summed E-state index contributed by atoms with van der Waals surface area (Å²) in [5.41, 5.74) is -1.06. The summed E-state index contributed by atoms with van der Waals surface area (Å²) in [7, 11) is 1.55. The van der Waals surface area contributed by atoms with Crippen LogP contribution in [0.5, 0.6) is 0 Å². The summed E-state index contributed by atoms with van der Waals surface area (Å²) in [5, 5.41) is 77.5. The molecule has 0 aromatic carbocycles. The van der Waals surface area contributed by atoms with E-state index >= 15 is 0 Å². The van der Waals surface area contributed by atoms with E-state index in [0.29, 0.717) is 31.3 Å². The van der Waals surface area contributed by atoms with Gasteiger partial charge in [-0.3, -0.25) is 5.32 Å². The van der Waals surface area contributed by atoms with Crippen LogP contribution in [-0.4, -0.2) is 141 Å². The molecule has 3 fully saturated rings.